The Morgan fingerprint density at radius 3 is 2.72 bits per heavy atom. The van der Waals surface area contributed by atoms with Crippen LogP contribution in [-0.2, 0) is 4.79 Å². The molecule has 0 spiro atoms. The molecule has 0 aliphatic heterocycles. The van der Waals surface area contributed by atoms with Gasteiger partial charge in [-0.2, -0.15) is 0 Å². The van der Waals surface area contributed by atoms with Crippen molar-refractivity contribution in [2.75, 3.05) is 0 Å². The van der Waals surface area contributed by atoms with Crippen molar-refractivity contribution in [3.8, 4) is 0 Å². The molecule has 2 aromatic rings. The number of hydrogen-bond acceptors (Lipinski definition) is 3. The summed E-state index contributed by atoms with van der Waals surface area (Å²) in [5.41, 5.74) is 2.16. The Morgan fingerprint density at radius 1 is 1.28 bits per heavy atom. The van der Waals surface area contributed by atoms with Crippen molar-refractivity contribution in [3.05, 3.63) is 42.5 Å². The van der Waals surface area contributed by atoms with Gasteiger partial charge >= 0.3 is 0 Å². The van der Waals surface area contributed by atoms with Gasteiger partial charge in [-0.05, 0) is 22.9 Å². The van der Waals surface area contributed by atoms with Crippen LogP contribution in [0.1, 0.15) is 13.3 Å². The van der Waals surface area contributed by atoms with E-state index in [0.29, 0.717) is 6.42 Å². The first kappa shape index (κ1) is 12.9. The zero-order valence-electron chi connectivity index (χ0n) is 10.2. The molecule has 0 radical (unpaired) electrons. The van der Waals surface area contributed by atoms with E-state index in [1.807, 2.05) is 19.1 Å². The van der Waals surface area contributed by atoms with E-state index in [1.165, 1.54) is 15.7 Å². The molecule has 0 aromatic heterocycles. The van der Waals surface area contributed by atoms with Crippen LogP contribution in [0.3, 0.4) is 0 Å². The van der Waals surface area contributed by atoms with Crippen LogP contribution in [0.15, 0.2) is 47.4 Å². The molecule has 1 amide bonds. The highest BCUT2D eigenvalue weighted by molar-refractivity contribution is 8.00. The Hall–Kier alpha value is -1.52. The van der Waals surface area contributed by atoms with E-state index in [0.717, 1.165) is 0 Å². The Bertz CT molecular complexity index is 556. The van der Waals surface area contributed by atoms with Crippen LogP contribution in [0, 0.1) is 0 Å². The summed E-state index contributed by atoms with van der Waals surface area (Å²) in [6.07, 6.45) is 0.425. The van der Waals surface area contributed by atoms with Crippen LogP contribution in [0.5, 0.6) is 0 Å². The molecular formula is C14H16N2OS. The average molecular weight is 260 g/mol. The minimum Gasteiger partial charge on any atom is -0.294 e. The third-order valence-corrected chi connectivity index (χ3v) is 3.79. The Morgan fingerprint density at radius 2 is 2.00 bits per heavy atom. The van der Waals surface area contributed by atoms with E-state index in [-0.39, 0.29) is 11.2 Å². The summed E-state index contributed by atoms with van der Waals surface area (Å²) in [6, 6.07) is 14.6. The summed E-state index contributed by atoms with van der Waals surface area (Å²) in [4.78, 5) is 12.3. The maximum absolute atomic E-state index is 11.2. The Labute approximate surface area is 111 Å². The maximum Gasteiger partial charge on any atom is 0.234 e. The monoisotopic (exact) mass is 260 g/mol. The molecule has 2 aromatic carbocycles. The quantitative estimate of drug-likeness (QED) is 0.384. The predicted octanol–water partition coefficient (Wildman–Crippen LogP) is 2.70. The SMILES string of the molecule is CC(CC(=O)NN)Sc1ccc2ccccc2c1. The Balaban J connectivity index is 2.09. The summed E-state index contributed by atoms with van der Waals surface area (Å²) in [5.74, 6) is 4.95. The van der Waals surface area contributed by atoms with Gasteiger partial charge in [0.25, 0.3) is 0 Å². The summed E-state index contributed by atoms with van der Waals surface area (Å²) in [5, 5.41) is 2.65. The lowest BCUT2D eigenvalue weighted by atomic mass is 10.1. The molecule has 18 heavy (non-hydrogen) atoms. The number of fused-ring (bicyclic) bond motifs is 1. The third kappa shape index (κ3) is 3.24. The van der Waals surface area contributed by atoms with Crippen LogP contribution >= 0.6 is 11.8 Å². The molecule has 0 heterocycles. The van der Waals surface area contributed by atoms with E-state index < -0.39 is 0 Å². The van der Waals surface area contributed by atoms with Crippen molar-refractivity contribution >= 4 is 28.4 Å². The molecule has 0 saturated carbocycles. The number of nitrogens with one attached hydrogen (secondary N) is 1. The molecule has 3 nitrogen and oxygen atoms in total. The fourth-order valence-corrected chi connectivity index (χ4v) is 2.88. The highest BCUT2D eigenvalue weighted by Gasteiger charge is 2.09. The van der Waals surface area contributed by atoms with Crippen LogP contribution in [-0.4, -0.2) is 11.2 Å². The number of amides is 1. The first-order chi connectivity index (χ1) is 8.69. The van der Waals surface area contributed by atoms with Gasteiger partial charge in [-0.25, -0.2) is 5.84 Å². The van der Waals surface area contributed by atoms with Gasteiger partial charge in [0, 0.05) is 16.6 Å². The van der Waals surface area contributed by atoms with Gasteiger partial charge in [0.15, 0.2) is 0 Å². The number of hydrogen-bond donors (Lipinski definition) is 2. The molecule has 1 unspecified atom stereocenters. The molecule has 94 valence electrons. The maximum atomic E-state index is 11.2. The highest BCUT2D eigenvalue weighted by Crippen LogP contribution is 2.28. The molecule has 0 aliphatic carbocycles. The van der Waals surface area contributed by atoms with Crippen molar-refractivity contribution < 1.29 is 4.79 Å². The first-order valence-electron chi connectivity index (χ1n) is 5.84. The molecule has 2 rings (SSSR count). The van der Waals surface area contributed by atoms with Crippen molar-refractivity contribution in [1.29, 1.82) is 0 Å². The average Bonchev–Trinajstić information content (AvgIpc) is 2.38. The zero-order chi connectivity index (χ0) is 13.0. The summed E-state index contributed by atoms with van der Waals surface area (Å²) < 4.78 is 0. The van der Waals surface area contributed by atoms with Gasteiger partial charge in [0.1, 0.15) is 0 Å². The largest absolute Gasteiger partial charge is 0.294 e. The second-order valence-electron chi connectivity index (χ2n) is 4.21. The number of nitrogens with two attached hydrogens (primary N) is 1. The first-order valence-corrected chi connectivity index (χ1v) is 6.72. The van der Waals surface area contributed by atoms with Crippen LogP contribution in [0.25, 0.3) is 10.8 Å². The van der Waals surface area contributed by atoms with Crippen LogP contribution in [0.2, 0.25) is 0 Å². The lowest BCUT2D eigenvalue weighted by Crippen LogP contribution is -2.31. The lowest BCUT2D eigenvalue weighted by Gasteiger charge is -2.10. The predicted molar refractivity (Wildman–Crippen MR) is 76.2 cm³/mol. The summed E-state index contributed by atoms with van der Waals surface area (Å²) >= 11 is 1.69. The molecule has 0 fully saturated rings. The van der Waals surface area contributed by atoms with E-state index in [9.17, 15) is 4.79 Å². The third-order valence-electron chi connectivity index (χ3n) is 2.69. The fraction of sp³-hybridized carbons (Fsp3) is 0.214. The number of thioether (sulfide) groups is 1. The normalized spacial score (nSPS) is 12.3. The van der Waals surface area contributed by atoms with Gasteiger partial charge in [-0.1, -0.05) is 37.3 Å². The highest BCUT2D eigenvalue weighted by atomic mass is 32.2. The van der Waals surface area contributed by atoms with Gasteiger partial charge in [0.2, 0.25) is 5.91 Å². The molecule has 1 atom stereocenters. The van der Waals surface area contributed by atoms with E-state index >= 15 is 0 Å². The van der Waals surface area contributed by atoms with Crippen LogP contribution < -0.4 is 11.3 Å². The number of carbonyl (C=O) groups excluding carboxylic acids is 1. The summed E-state index contributed by atoms with van der Waals surface area (Å²) in [7, 11) is 0. The van der Waals surface area contributed by atoms with Gasteiger partial charge in [0.05, 0.1) is 0 Å². The lowest BCUT2D eigenvalue weighted by molar-refractivity contribution is -0.121. The van der Waals surface area contributed by atoms with Crippen LogP contribution in [0.4, 0.5) is 0 Å². The minimum atomic E-state index is -0.129. The molecule has 3 N–H and O–H groups in total. The van der Waals surface area contributed by atoms with Gasteiger partial charge in [-0.3, -0.25) is 10.2 Å². The summed E-state index contributed by atoms with van der Waals surface area (Å²) in [6.45, 7) is 2.02. The molecule has 4 heteroatoms. The van der Waals surface area contributed by atoms with Crippen molar-refractivity contribution in [3.63, 3.8) is 0 Å². The molecule has 0 saturated heterocycles. The van der Waals surface area contributed by atoms with E-state index in [4.69, 9.17) is 5.84 Å². The minimum absolute atomic E-state index is 0.129. The number of rotatable bonds is 4. The standard InChI is InChI=1S/C14H16N2OS/c1-10(8-14(17)16-15)18-13-7-6-11-4-2-3-5-12(11)9-13/h2-7,9-10H,8,15H2,1H3,(H,16,17). The second-order valence-corrected chi connectivity index (χ2v) is 5.72. The number of benzene rings is 2. The molecule has 0 bridgehead atoms. The van der Waals surface area contributed by atoms with Gasteiger partial charge in [-0.15, -0.1) is 11.8 Å². The molecular weight excluding hydrogens is 244 g/mol. The topological polar surface area (TPSA) is 55.1 Å². The van der Waals surface area contributed by atoms with E-state index in [2.05, 4.69) is 35.8 Å². The number of hydrazine groups is 1. The molecule has 0 aliphatic rings. The van der Waals surface area contributed by atoms with Crippen molar-refractivity contribution in [2.24, 2.45) is 5.84 Å². The van der Waals surface area contributed by atoms with Crippen molar-refractivity contribution in [1.82, 2.24) is 5.43 Å². The fourth-order valence-electron chi connectivity index (χ4n) is 1.83. The smallest absolute Gasteiger partial charge is 0.234 e. The van der Waals surface area contributed by atoms with Crippen molar-refractivity contribution in [2.45, 2.75) is 23.5 Å². The number of carbonyl (C=O) groups is 1. The Kier molecular flexibility index (Phi) is 4.23. The van der Waals surface area contributed by atoms with Gasteiger partial charge < -0.3 is 0 Å². The van der Waals surface area contributed by atoms with E-state index in [1.54, 1.807) is 11.8 Å². The second kappa shape index (κ2) is 5.89. The zero-order valence-corrected chi connectivity index (χ0v) is 11.0.